The van der Waals surface area contributed by atoms with E-state index in [0.29, 0.717) is 25.1 Å². The maximum atomic E-state index is 5.72. The van der Waals surface area contributed by atoms with Crippen LogP contribution < -0.4 is 15.8 Å². The monoisotopic (exact) mass is 236 g/mol. The van der Waals surface area contributed by atoms with Crippen molar-refractivity contribution in [2.75, 3.05) is 13.2 Å². The third-order valence-electron chi connectivity index (χ3n) is 2.86. The molecular formula is C14H24N2O. The highest BCUT2D eigenvalue weighted by Crippen LogP contribution is 2.12. The van der Waals surface area contributed by atoms with Crippen molar-refractivity contribution in [2.24, 2.45) is 11.7 Å². The number of hydrogen-bond acceptors (Lipinski definition) is 3. The first kappa shape index (κ1) is 14.0. The van der Waals surface area contributed by atoms with Crippen LogP contribution in [0.3, 0.4) is 0 Å². The zero-order valence-electron chi connectivity index (χ0n) is 11.1. The van der Waals surface area contributed by atoms with Gasteiger partial charge in [0.2, 0.25) is 0 Å². The van der Waals surface area contributed by atoms with Gasteiger partial charge in [-0.1, -0.05) is 26.0 Å². The SMILES string of the molecule is CCOc1ccc(CNC(CN)C(C)C)cc1. The Bertz CT molecular complexity index is 309. The molecular weight excluding hydrogens is 212 g/mol. The third kappa shape index (κ3) is 4.75. The Hall–Kier alpha value is -1.06. The Morgan fingerprint density at radius 1 is 1.24 bits per heavy atom. The standard InChI is InChI=1S/C14H24N2O/c1-4-17-13-7-5-12(6-8-13)10-16-14(9-15)11(2)3/h5-8,11,14,16H,4,9-10,15H2,1-3H3. The lowest BCUT2D eigenvalue weighted by atomic mass is 10.0. The Morgan fingerprint density at radius 3 is 2.35 bits per heavy atom. The van der Waals surface area contributed by atoms with Crippen LogP contribution in [0.2, 0.25) is 0 Å². The highest BCUT2D eigenvalue weighted by molar-refractivity contribution is 5.27. The van der Waals surface area contributed by atoms with Crippen LogP contribution in [0, 0.1) is 5.92 Å². The number of benzene rings is 1. The fourth-order valence-electron chi connectivity index (χ4n) is 1.71. The summed E-state index contributed by atoms with van der Waals surface area (Å²) >= 11 is 0. The summed E-state index contributed by atoms with van der Waals surface area (Å²) in [6.07, 6.45) is 0. The summed E-state index contributed by atoms with van der Waals surface area (Å²) in [4.78, 5) is 0. The first-order valence-corrected chi connectivity index (χ1v) is 6.32. The van der Waals surface area contributed by atoms with Gasteiger partial charge in [-0.05, 0) is 30.5 Å². The topological polar surface area (TPSA) is 47.3 Å². The second-order valence-corrected chi connectivity index (χ2v) is 4.54. The number of nitrogens with one attached hydrogen (secondary N) is 1. The molecule has 0 heterocycles. The van der Waals surface area contributed by atoms with Crippen LogP contribution in [-0.2, 0) is 6.54 Å². The van der Waals surface area contributed by atoms with Crippen LogP contribution in [0.25, 0.3) is 0 Å². The second kappa shape index (κ2) is 7.30. The smallest absolute Gasteiger partial charge is 0.119 e. The highest BCUT2D eigenvalue weighted by Gasteiger charge is 2.09. The van der Waals surface area contributed by atoms with Crippen molar-refractivity contribution >= 4 is 0 Å². The Balaban J connectivity index is 2.46. The summed E-state index contributed by atoms with van der Waals surface area (Å²) in [7, 11) is 0. The van der Waals surface area contributed by atoms with Crippen molar-refractivity contribution in [1.29, 1.82) is 0 Å². The zero-order valence-corrected chi connectivity index (χ0v) is 11.1. The minimum absolute atomic E-state index is 0.376. The van der Waals surface area contributed by atoms with Crippen LogP contribution in [0.5, 0.6) is 5.75 Å². The van der Waals surface area contributed by atoms with Gasteiger partial charge >= 0.3 is 0 Å². The van der Waals surface area contributed by atoms with Gasteiger partial charge in [-0.2, -0.15) is 0 Å². The van der Waals surface area contributed by atoms with Gasteiger partial charge in [-0.3, -0.25) is 0 Å². The van der Waals surface area contributed by atoms with Crippen molar-refractivity contribution < 1.29 is 4.74 Å². The Morgan fingerprint density at radius 2 is 1.88 bits per heavy atom. The third-order valence-corrected chi connectivity index (χ3v) is 2.86. The molecule has 1 unspecified atom stereocenters. The average molecular weight is 236 g/mol. The first-order chi connectivity index (χ1) is 8.17. The van der Waals surface area contributed by atoms with Gasteiger partial charge < -0.3 is 15.8 Å². The van der Waals surface area contributed by atoms with Crippen molar-refractivity contribution in [1.82, 2.24) is 5.32 Å². The van der Waals surface area contributed by atoms with Gasteiger partial charge in [0, 0.05) is 19.1 Å². The summed E-state index contributed by atoms with van der Waals surface area (Å²) in [6.45, 7) is 8.59. The van der Waals surface area contributed by atoms with Crippen molar-refractivity contribution in [3.8, 4) is 5.75 Å². The normalized spacial score (nSPS) is 12.8. The molecule has 0 aliphatic heterocycles. The molecule has 1 atom stereocenters. The summed E-state index contributed by atoms with van der Waals surface area (Å²) in [5.74, 6) is 1.48. The molecule has 0 aromatic heterocycles. The van der Waals surface area contributed by atoms with E-state index in [1.54, 1.807) is 0 Å². The minimum atomic E-state index is 0.376. The number of ether oxygens (including phenoxy) is 1. The molecule has 0 saturated heterocycles. The van der Waals surface area contributed by atoms with Crippen molar-refractivity contribution in [3.05, 3.63) is 29.8 Å². The molecule has 0 aliphatic rings. The summed E-state index contributed by atoms with van der Waals surface area (Å²) in [5.41, 5.74) is 6.98. The van der Waals surface area contributed by atoms with Gasteiger partial charge in [0.25, 0.3) is 0 Å². The second-order valence-electron chi connectivity index (χ2n) is 4.54. The first-order valence-electron chi connectivity index (χ1n) is 6.32. The maximum Gasteiger partial charge on any atom is 0.119 e. The van der Waals surface area contributed by atoms with Gasteiger partial charge in [-0.15, -0.1) is 0 Å². The molecule has 1 aromatic carbocycles. The molecule has 0 amide bonds. The van der Waals surface area contributed by atoms with Crippen LogP contribution in [0.15, 0.2) is 24.3 Å². The number of nitrogens with two attached hydrogens (primary N) is 1. The summed E-state index contributed by atoms with van der Waals surface area (Å²) in [6, 6.07) is 8.57. The predicted molar refractivity (Wildman–Crippen MR) is 72.1 cm³/mol. The minimum Gasteiger partial charge on any atom is -0.494 e. The van der Waals surface area contributed by atoms with Crippen molar-refractivity contribution in [2.45, 2.75) is 33.4 Å². The van der Waals surface area contributed by atoms with E-state index >= 15 is 0 Å². The molecule has 3 N–H and O–H groups in total. The Kier molecular flexibility index (Phi) is 6.01. The van der Waals surface area contributed by atoms with E-state index in [2.05, 4.69) is 31.3 Å². The predicted octanol–water partition coefficient (Wildman–Crippen LogP) is 2.16. The molecule has 0 bridgehead atoms. The number of rotatable bonds is 7. The van der Waals surface area contributed by atoms with E-state index in [1.807, 2.05) is 19.1 Å². The highest BCUT2D eigenvalue weighted by atomic mass is 16.5. The summed E-state index contributed by atoms with van der Waals surface area (Å²) < 4.78 is 5.41. The van der Waals surface area contributed by atoms with Gasteiger partial charge in [0.15, 0.2) is 0 Å². The van der Waals surface area contributed by atoms with Gasteiger partial charge in [-0.25, -0.2) is 0 Å². The molecule has 0 aliphatic carbocycles. The largest absolute Gasteiger partial charge is 0.494 e. The van der Waals surface area contributed by atoms with Crippen LogP contribution in [0.4, 0.5) is 0 Å². The van der Waals surface area contributed by atoms with E-state index in [4.69, 9.17) is 10.5 Å². The van der Waals surface area contributed by atoms with Crippen molar-refractivity contribution in [3.63, 3.8) is 0 Å². The lowest BCUT2D eigenvalue weighted by Gasteiger charge is -2.20. The number of hydrogen-bond donors (Lipinski definition) is 2. The summed E-state index contributed by atoms with van der Waals surface area (Å²) in [5, 5.41) is 3.47. The molecule has 96 valence electrons. The van der Waals surface area contributed by atoms with E-state index < -0.39 is 0 Å². The molecule has 0 saturated carbocycles. The molecule has 1 rings (SSSR count). The van der Waals surface area contributed by atoms with Crippen LogP contribution in [-0.4, -0.2) is 19.2 Å². The molecule has 0 radical (unpaired) electrons. The van der Waals surface area contributed by atoms with E-state index in [1.165, 1.54) is 5.56 Å². The molecule has 3 heteroatoms. The molecule has 3 nitrogen and oxygen atoms in total. The van der Waals surface area contributed by atoms with Crippen LogP contribution >= 0.6 is 0 Å². The fraction of sp³-hybridized carbons (Fsp3) is 0.571. The molecule has 17 heavy (non-hydrogen) atoms. The fourth-order valence-corrected chi connectivity index (χ4v) is 1.71. The lowest BCUT2D eigenvalue weighted by molar-refractivity contribution is 0.340. The quantitative estimate of drug-likeness (QED) is 0.762. The molecule has 1 aromatic rings. The molecule has 0 spiro atoms. The zero-order chi connectivity index (χ0) is 12.7. The van der Waals surface area contributed by atoms with E-state index in [0.717, 1.165) is 12.3 Å². The van der Waals surface area contributed by atoms with E-state index in [9.17, 15) is 0 Å². The lowest BCUT2D eigenvalue weighted by Crippen LogP contribution is -2.39. The van der Waals surface area contributed by atoms with Crippen LogP contribution in [0.1, 0.15) is 26.3 Å². The van der Waals surface area contributed by atoms with E-state index in [-0.39, 0.29) is 0 Å². The van der Waals surface area contributed by atoms with Gasteiger partial charge in [0.1, 0.15) is 5.75 Å². The van der Waals surface area contributed by atoms with Gasteiger partial charge in [0.05, 0.1) is 6.61 Å². The average Bonchev–Trinajstić information content (AvgIpc) is 2.32. The Labute approximate surface area is 104 Å². The molecule has 0 fully saturated rings. The maximum absolute atomic E-state index is 5.72.